The zero-order valence-corrected chi connectivity index (χ0v) is 12.8. The van der Waals surface area contributed by atoms with E-state index < -0.39 is 0 Å². The van der Waals surface area contributed by atoms with Gasteiger partial charge in [-0.1, -0.05) is 46.0 Å². The molecule has 0 aliphatic heterocycles. The average Bonchev–Trinajstić information content (AvgIpc) is 2.89. The Labute approximate surface area is 129 Å². The molecule has 0 radical (unpaired) electrons. The standard InChI is InChI=1S/C16H10BrNOS/c17-13-6-4-12(5-7-13)16-14-8-3-11(2-1-9-19)10-15(14)20-18-16/h3-8,10,19H,9H2. The highest BCUT2D eigenvalue weighted by molar-refractivity contribution is 9.10. The Hall–Kier alpha value is -1.67. The van der Waals surface area contributed by atoms with Gasteiger partial charge < -0.3 is 5.11 Å². The zero-order chi connectivity index (χ0) is 13.9. The first-order valence-electron chi connectivity index (χ1n) is 6.03. The SMILES string of the molecule is OCC#Cc1ccc2c(-c3ccc(Br)cc3)nsc2c1. The molecule has 0 saturated heterocycles. The van der Waals surface area contributed by atoms with Gasteiger partial charge in [-0.3, -0.25) is 0 Å². The van der Waals surface area contributed by atoms with E-state index in [2.05, 4.69) is 44.3 Å². The molecule has 0 amide bonds. The summed E-state index contributed by atoms with van der Waals surface area (Å²) in [5.74, 6) is 5.57. The summed E-state index contributed by atoms with van der Waals surface area (Å²) in [5.41, 5.74) is 3.00. The monoisotopic (exact) mass is 343 g/mol. The maximum absolute atomic E-state index is 8.73. The van der Waals surface area contributed by atoms with Gasteiger partial charge in [0.05, 0.1) is 10.4 Å². The fourth-order valence-electron chi connectivity index (χ4n) is 1.97. The molecule has 1 heterocycles. The van der Waals surface area contributed by atoms with Crippen molar-refractivity contribution in [3.05, 3.63) is 52.5 Å². The molecule has 0 spiro atoms. The molecule has 4 heteroatoms. The second kappa shape index (κ2) is 5.76. The second-order valence-electron chi connectivity index (χ2n) is 4.21. The lowest BCUT2D eigenvalue weighted by atomic mass is 10.1. The van der Waals surface area contributed by atoms with E-state index in [0.29, 0.717) is 0 Å². The molecule has 3 rings (SSSR count). The smallest absolute Gasteiger partial charge is 0.104 e. The fraction of sp³-hybridized carbons (Fsp3) is 0.0625. The van der Waals surface area contributed by atoms with E-state index in [1.807, 2.05) is 30.3 Å². The van der Waals surface area contributed by atoms with Crippen LogP contribution in [0.4, 0.5) is 0 Å². The van der Waals surface area contributed by atoms with Crippen LogP contribution in [0.15, 0.2) is 46.9 Å². The molecule has 0 fully saturated rings. The molecule has 3 aromatic rings. The summed E-state index contributed by atoms with van der Waals surface area (Å²) < 4.78 is 6.71. The van der Waals surface area contributed by atoms with Crippen molar-refractivity contribution in [3.63, 3.8) is 0 Å². The lowest BCUT2D eigenvalue weighted by molar-refractivity contribution is 0.350. The minimum Gasteiger partial charge on any atom is -0.384 e. The third kappa shape index (κ3) is 2.61. The van der Waals surface area contributed by atoms with Crippen LogP contribution in [-0.2, 0) is 0 Å². The van der Waals surface area contributed by atoms with Crippen molar-refractivity contribution >= 4 is 37.5 Å². The third-order valence-corrected chi connectivity index (χ3v) is 4.24. The van der Waals surface area contributed by atoms with Crippen LogP contribution >= 0.6 is 27.5 Å². The minimum atomic E-state index is -0.120. The van der Waals surface area contributed by atoms with E-state index in [1.54, 1.807) is 0 Å². The van der Waals surface area contributed by atoms with Crippen LogP contribution in [0, 0.1) is 11.8 Å². The van der Waals surface area contributed by atoms with Gasteiger partial charge in [-0.05, 0) is 35.8 Å². The topological polar surface area (TPSA) is 33.1 Å². The molecule has 20 heavy (non-hydrogen) atoms. The van der Waals surface area contributed by atoms with Crippen molar-refractivity contribution in [2.24, 2.45) is 0 Å². The Kier molecular flexibility index (Phi) is 3.83. The number of nitrogens with zero attached hydrogens (tertiary/aromatic N) is 1. The maximum Gasteiger partial charge on any atom is 0.104 e. The van der Waals surface area contributed by atoms with Crippen molar-refractivity contribution < 1.29 is 5.11 Å². The second-order valence-corrected chi connectivity index (χ2v) is 5.93. The summed E-state index contributed by atoms with van der Waals surface area (Å²) in [6.07, 6.45) is 0. The number of hydrogen-bond acceptors (Lipinski definition) is 3. The van der Waals surface area contributed by atoms with Crippen molar-refractivity contribution in [3.8, 4) is 23.1 Å². The summed E-state index contributed by atoms with van der Waals surface area (Å²) in [4.78, 5) is 0. The number of rotatable bonds is 1. The Morgan fingerprint density at radius 2 is 1.95 bits per heavy atom. The Morgan fingerprint density at radius 3 is 2.70 bits per heavy atom. The molecule has 98 valence electrons. The lowest BCUT2D eigenvalue weighted by Gasteiger charge is -1.99. The largest absolute Gasteiger partial charge is 0.384 e. The number of aliphatic hydroxyl groups excluding tert-OH is 1. The summed E-state index contributed by atoms with van der Waals surface area (Å²) >= 11 is 4.91. The normalized spacial score (nSPS) is 10.3. The Bertz CT molecular complexity index is 812. The number of benzene rings is 2. The number of aromatic nitrogens is 1. The van der Waals surface area contributed by atoms with E-state index in [-0.39, 0.29) is 6.61 Å². The van der Waals surface area contributed by atoms with E-state index >= 15 is 0 Å². The van der Waals surface area contributed by atoms with E-state index in [4.69, 9.17) is 5.11 Å². The molecule has 2 aromatic carbocycles. The molecule has 2 nitrogen and oxygen atoms in total. The van der Waals surface area contributed by atoms with E-state index in [9.17, 15) is 0 Å². The van der Waals surface area contributed by atoms with E-state index in [0.717, 1.165) is 31.4 Å². The van der Waals surface area contributed by atoms with Gasteiger partial charge in [0.15, 0.2) is 0 Å². The highest BCUT2D eigenvalue weighted by atomic mass is 79.9. The van der Waals surface area contributed by atoms with Crippen molar-refractivity contribution in [2.45, 2.75) is 0 Å². The van der Waals surface area contributed by atoms with E-state index in [1.165, 1.54) is 11.5 Å². The van der Waals surface area contributed by atoms with Gasteiger partial charge in [-0.15, -0.1) is 0 Å². The average molecular weight is 344 g/mol. The molecule has 0 aliphatic carbocycles. The Morgan fingerprint density at radius 1 is 1.15 bits per heavy atom. The molecule has 1 aromatic heterocycles. The zero-order valence-electron chi connectivity index (χ0n) is 10.4. The molecular formula is C16H10BrNOS. The number of aliphatic hydroxyl groups is 1. The van der Waals surface area contributed by atoms with Crippen LogP contribution < -0.4 is 0 Å². The third-order valence-electron chi connectivity index (χ3n) is 2.90. The quantitative estimate of drug-likeness (QED) is 0.675. The first kappa shape index (κ1) is 13.3. The highest BCUT2D eigenvalue weighted by Gasteiger charge is 2.08. The summed E-state index contributed by atoms with van der Waals surface area (Å²) in [5, 5.41) is 9.86. The molecule has 1 N–H and O–H groups in total. The van der Waals surface area contributed by atoms with Crippen LogP contribution in [0.5, 0.6) is 0 Å². The molecule has 0 atom stereocenters. The van der Waals surface area contributed by atoms with Crippen LogP contribution in [0.2, 0.25) is 0 Å². The maximum atomic E-state index is 8.73. The highest BCUT2D eigenvalue weighted by Crippen LogP contribution is 2.31. The molecule has 0 saturated carbocycles. The van der Waals surface area contributed by atoms with Crippen LogP contribution in [0.1, 0.15) is 5.56 Å². The molecule has 0 bridgehead atoms. The lowest BCUT2D eigenvalue weighted by Crippen LogP contribution is -1.79. The summed E-state index contributed by atoms with van der Waals surface area (Å²) in [6, 6.07) is 14.1. The first-order chi connectivity index (χ1) is 9.78. The minimum absolute atomic E-state index is 0.120. The van der Waals surface area contributed by atoms with Crippen molar-refractivity contribution in [2.75, 3.05) is 6.61 Å². The summed E-state index contributed by atoms with van der Waals surface area (Å²) in [6.45, 7) is -0.120. The molecule has 0 unspecified atom stereocenters. The predicted octanol–water partition coefficient (Wildman–Crippen LogP) is 4.07. The number of halogens is 1. The number of fused-ring (bicyclic) bond motifs is 1. The summed E-state index contributed by atoms with van der Waals surface area (Å²) in [7, 11) is 0. The van der Waals surface area contributed by atoms with Gasteiger partial charge in [-0.25, -0.2) is 0 Å². The van der Waals surface area contributed by atoms with Gasteiger partial charge in [-0.2, -0.15) is 4.37 Å². The van der Waals surface area contributed by atoms with Gasteiger partial charge in [0.25, 0.3) is 0 Å². The number of hydrogen-bond donors (Lipinski definition) is 1. The van der Waals surface area contributed by atoms with Crippen molar-refractivity contribution in [1.29, 1.82) is 0 Å². The van der Waals surface area contributed by atoms with Crippen molar-refractivity contribution in [1.82, 2.24) is 4.37 Å². The van der Waals surface area contributed by atoms with Gasteiger partial charge in [0.1, 0.15) is 6.61 Å². The van der Waals surface area contributed by atoms with Gasteiger partial charge in [0, 0.05) is 21.0 Å². The van der Waals surface area contributed by atoms with Crippen LogP contribution in [0.25, 0.3) is 21.3 Å². The van der Waals surface area contributed by atoms with Crippen LogP contribution in [-0.4, -0.2) is 16.1 Å². The fourth-order valence-corrected chi connectivity index (χ4v) is 3.07. The van der Waals surface area contributed by atoms with Crippen LogP contribution in [0.3, 0.4) is 0 Å². The van der Waals surface area contributed by atoms with Gasteiger partial charge in [0.2, 0.25) is 0 Å². The molecule has 0 aliphatic rings. The molecular weight excluding hydrogens is 334 g/mol. The predicted molar refractivity (Wildman–Crippen MR) is 86.7 cm³/mol. The Balaban J connectivity index is 2.08. The first-order valence-corrected chi connectivity index (χ1v) is 7.59. The van der Waals surface area contributed by atoms with Gasteiger partial charge >= 0.3 is 0 Å².